The van der Waals surface area contributed by atoms with Crippen LogP contribution < -0.4 is 4.90 Å². The number of para-hydroxylation sites is 2. The van der Waals surface area contributed by atoms with Gasteiger partial charge in [0.15, 0.2) is 0 Å². The van der Waals surface area contributed by atoms with Crippen molar-refractivity contribution in [1.29, 1.82) is 0 Å². The van der Waals surface area contributed by atoms with Gasteiger partial charge in [-0.2, -0.15) is 0 Å². The van der Waals surface area contributed by atoms with Crippen molar-refractivity contribution in [2.24, 2.45) is 0 Å². The molecule has 1 aromatic heterocycles. The normalized spacial score (nSPS) is 13.9. The van der Waals surface area contributed by atoms with Gasteiger partial charge in [0.1, 0.15) is 0 Å². The Kier molecular flexibility index (Phi) is 8.24. The van der Waals surface area contributed by atoms with Crippen LogP contribution in [0, 0.1) is 0 Å². The minimum absolute atomic E-state index is 0.400. The third-order valence-corrected chi connectivity index (χ3v) is 15.9. The van der Waals surface area contributed by atoms with Gasteiger partial charge in [0, 0.05) is 33.5 Å². The Labute approximate surface area is 407 Å². The average Bonchev–Trinajstić information content (AvgIpc) is 4.12. The highest BCUT2D eigenvalue weighted by Gasteiger charge is 2.52. The topological polar surface area (TPSA) is 8.17 Å². The molecule has 0 saturated heterocycles. The molecule has 15 rings (SSSR count). The van der Waals surface area contributed by atoms with Crippen LogP contribution >= 0.6 is 0 Å². The number of anilines is 3. The van der Waals surface area contributed by atoms with Crippen molar-refractivity contribution in [3.63, 3.8) is 0 Å². The van der Waals surface area contributed by atoms with E-state index < -0.39 is 10.8 Å². The molecule has 11 aromatic carbocycles. The molecule has 0 saturated carbocycles. The summed E-state index contributed by atoms with van der Waals surface area (Å²) >= 11 is 0. The molecule has 0 unspecified atom stereocenters. The fraction of sp³-hybridized carbons (Fsp3) is 0.0294. The largest absolute Gasteiger partial charge is 0.310 e. The smallest absolute Gasteiger partial charge is 0.0725 e. The van der Waals surface area contributed by atoms with Crippen LogP contribution in [0.1, 0.15) is 44.5 Å². The van der Waals surface area contributed by atoms with Gasteiger partial charge in [-0.05, 0) is 145 Å². The second-order valence-electron chi connectivity index (χ2n) is 19.1. The third kappa shape index (κ3) is 5.12. The quantitative estimate of drug-likeness (QED) is 0.161. The fourth-order valence-corrected chi connectivity index (χ4v) is 13.2. The lowest BCUT2D eigenvalue weighted by molar-refractivity contribution is 0.770. The van der Waals surface area contributed by atoms with E-state index in [1.165, 1.54) is 99.7 Å². The molecule has 2 heteroatoms. The number of fused-ring (bicyclic) bond motifs is 16. The summed E-state index contributed by atoms with van der Waals surface area (Å²) in [5.74, 6) is 0. The van der Waals surface area contributed by atoms with Crippen molar-refractivity contribution in [2.45, 2.75) is 10.8 Å². The molecule has 0 amide bonds. The molecular formula is C68H44N2. The van der Waals surface area contributed by atoms with E-state index in [1.54, 1.807) is 0 Å². The molecule has 2 nitrogen and oxygen atoms in total. The second kappa shape index (κ2) is 14.8. The number of rotatable bonds is 6. The number of hydrogen-bond acceptors (Lipinski definition) is 1. The summed E-state index contributed by atoms with van der Waals surface area (Å²) in [6.07, 6.45) is 0. The van der Waals surface area contributed by atoms with E-state index in [4.69, 9.17) is 0 Å². The average molecular weight is 889 g/mol. The number of benzene rings is 11. The van der Waals surface area contributed by atoms with Crippen molar-refractivity contribution in [1.82, 2.24) is 4.57 Å². The lowest BCUT2D eigenvalue weighted by Crippen LogP contribution is -2.28. The molecule has 0 radical (unpaired) electrons. The number of nitrogens with zero attached hydrogens (tertiary/aromatic N) is 2. The standard InChI is InChI=1S/C68H44N2/c1-4-20-45(21-5-1)67(59-31-15-10-26-51(59)52-27-11-16-32-60(52)67)46-36-40-65-57(42-46)58-44-50(38-41-66(58)70(65)48-24-8-3-9-25-48)69(47-22-6-2-7-23-47)49-37-39-64-56(43-49)55-30-14-19-35-63(55)68(64)61-33-17-12-28-53(61)54-29-13-18-34-62(54)68/h1-44H. The molecule has 3 aliphatic rings. The van der Waals surface area contributed by atoms with Crippen LogP contribution in [0.4, 0.5) is 17.1 Å². The molecule has 0 aliphatic heterocycles. The van der Waals surface area contributed by atoms with Gasteiger partial charge in [-0.1, -0.05) is 200 Å². The first-order chi connectivity index (χ1) is 34.7. The van der Waals surface area contributed by atoms with E-state index in [9.17, 15) is 0 Å². The van der Waals surface area contributed by atoms with Crippen LogP contribution in [-0.4, -0.2) is 4.57 Å². The van der Waals surface area contributed by atoms with Gasteiger partial charge in [0.2, 0.25) is 0 Å². The maximum atomic E-state index is 2.50. The summed E-state index contributed by atoms with van der Waals surface area (Å²) in [5, 5.41) is 2.42. The molecule has 1 spiro atoms. The van der Waals surface area contributed by atoms with E-state index in [-0.39, 0.29) is 0 Å². The summed E-state index contributed by atoms with van der Waals surface area (Å²) in [7, 11) is 0. The van der Waals surface area contributed by atoms with Gasteiger partial charge in [-0.3, -0.25) is 0 Å². The summed E-state index contributed by atoms with van der Waals surface area (Å²) in [6.45, 7) is 0. The second-order valence-corrected chi connectivity index (χ2v) is 19.1. The Hall–Kier alpha value is -8.98. The first kappa shape index (κ1) is 39.1. The summed E-state index contributed by atoms with van der Waals surface area (Å²) in [4.78, 5) is 2.45. The summed E-state index contributed by atoms with van der Waals surface area (Å²) < 4.78 is 2.44. The Morgan fingerprint density at radius 3 is 1.21 bits per heavy atom. The maximum Gasteiger partial charge on any atom is 0.0725 e. The molecule has 0 N–H and O–H groups in total. The maximum absolute atomic E-state index is 2.50. The third-order valence-electron chi connectivity index (χ3n) is 15.9. The van der Waals surface area contributed by atoms with Crippen molar-refractivity contribution in [3.8, 4) is 39.1 Å². The molecule has 0 atom stereocenters. The molecule has 0 bridgehead atoms. The monoisotopic (exact) mass is 888 g/mol. The predicted molar refractivity (Wildman–Crippen MR) is 289 cm³/mol. The SMILES string of the molecule is c1ccc(N(c2ccc3c(c2)-c2ccccc2C32c3ccccc3-c3ccccc32)c2ccc3c(c2)c2cc(C4(c5ccccc5)c5ccccc5-c5ccccc54)ccc2n3-c2ccccc2)cc1. The molecule has 70 heavy (non-hydrogen) atoms. The van der Waals surface area contributed by atoms with E-state index in [0.29, 0.717) is 0 Å². The van der Waals surface area contributed by atoms with Crippen molar-refractivity contribution < 1.29 is 0 Å². The molecule has 12 aromatic rings. The van der Waals surface area contributed by atoms with Crippen molar-refractivity contribution in [3.05, 3.63) is 311 Å². The van der Waals surface area contributed by atoms with Crippen LogP contribution in [0.3, 0.4) is 0 Å². The van der Waals surface area contributed by atoms with Gasteiger partial charge in [0.25, 0.3) is 0 Å². The van der Waals surface area contributed by atoms with Crippen LogP contribution in [-0.2, 0) is 10.8 Å². The minimum atomic E-state index is -0.518. The molecule has 326 valence electrons. The highest BCUT2D eigenvalue weighted by Crippen LogP contribution is 2.63. The van der Waals surface area contributed by atoms with Gasteiger partial charge in [-0.15, -0.1) is 0 Å². The van der Waals surface area contributed by atoms with Gasteiger partial charge < -0.3 is 9.47 Å². The van der Waals surface area contributed by atoms with E-state index in [0.717, 1.165) is 22.7 Å². The number of aromatic nitrogens is 1. The zero-order valence-corrected chi connectivity index (χ0v) is 38.3. The Bertz CT molecular complexity index is 3980. The van der Waals surface area contributed by atoms with Crippen molar-refractivity contribution >= 4 is 38.9 Å². The predicted octanol–water partition coefficient (Wildman–Crippen LogP) is 17.0. The Morgan fingerprint density at radius 2 is 0.657 bits per heavy atom. The van der Waals surface area contributed by atoms with Crippen molar-refractivity contribution in [2.75, 3.05) is 4.90 Å². The molecule has 3 aliphatic carbocycles. The highest BCUT2D eigenvalue weighted by molar-refractivity contribution is 6.11. The van der Waals surface area contributed by atoms with Gasteiger partial charge >= 0.3 is 0 Å². The minimum Gasteiger partial charge on any atom is -0.310 e. The van der Waals surface area contributed by atoms with Crippen LogP contribution in [0.2, 0.25) is 0 Å². The van der Waals surface area contributed by atoms with Crippen LogP contribution in [0.5, 0.6) is 0 Å². The van der Waals surface area contributed by atoms with Crippen LogP contribution in [0.15, 0.2) is 267 Å². The Morgan fingerprint density at radius 1 is 0.257 bits per heavy atom. The summed E-state index contributed by atoms with van der Waals surface area (Å²) in [6, 6.07) is 99.7. The molecule has 0 fully saturated rings. The van der Waals surface area contributed by atoms with E-state index in [1.807, 2.05) is 0 Å². The summed E-state index contributed by atoms with van der Waals surface area (Å²) in [5.41, 5.74) is 24.2. The number of hydrogen-bond donors (Lipinski definition) is 0. The molecular weight excluding hydrogens is 845 g/mol. The van der Waals surface area contributed by atoms with E-state index >= 15 is 0 Å². The lowest BCUT2D eigenvalue weighted by atomic mass is 9.67. The zero-order valence-electron chi connectivity index (χ0n) is 38.3. The Balaban J connectivity index is 0.977. The first-order valence-corrected chi connectivity index (χ1v) is 24.4. The van der Waals surface area contributed by atoms with E-state index in [2.05, 4.69) is 276 Å². The van der Waals surface area contributed by atoms with Gasteiger partial charge in [0.05, 0.1) is 21.9 Å². The highest BCUT2D eigenvalue weighted by atomic mass is 15.1. The zero-order chi connectivity index (χ0) is 46.0. The first-order valence-electron chi connectivity index (χ1n) is 24.4. The molecule has 1 heterocycles. The lowest BCUT2D eigenvalue weighted by Gasteiger charge is -2.34. The van der Waals surface area contributed by atoms with Crippen LogP contribution in [0.25, 0.3) is 60.9 Å². The fourth-order valence-electron chi connectivity index (χ4n) is 13.2. The van der Waals surface area contributed by atoms with Gasteiger partial charge in [-0.25, -0.2) is 0 Å².